The van der Waals surface area contributed by atoms with Gasteiger partial charge in [-0.3, -0.25) is 14.6 Å². The molecule has 31 heavy (non-hydrogen) atoms. The highest BCUT2D eigenvalue weighted by molar-refractivity contribution is 7.92. The number of benzene rings is 1. The molecule has 0 unspecified atom stereocenters. The smallest absolute Gasteiger partial charge is 0.265 e. The highest BCUT2D eigenvalue weighted by Crippen LogP contribution is 2.31. The number of furan rings is 1. The maximum atomic E-state index is 13.0. The summed E-state index contributed by atoms with van der Waals surface area (Å²) in [5, 5.41) is 6.74. The fourth-order valence-corrected chi connectivity index (χ4v) is 4.78. The number of H-pyrrole nitrogens is 1. The molecule has 0 radical (unpaired) electrons. The van der Waals surface area contributed by atoms with Crippen molar-refractivity contribution in [3.05, 3.63) is 52.9 Å². The number of hydrogen-bond acceptors (Lipinski definition) is 6. The van der Waals surface area contributed by atoms with Crippen LogP contribution in [0.1, 0.15) is 27.2 Å². The first-order valence-corrected chi connectivity index (χ1v) is 11.4. The number of carbonyl (C=O) groups is 1. The average Bonchev–Trinajstić information content (AvgIpc) is 3.37. The van der Waals surface area contributed by atoms with Crippen LogP contribution in [-0.2, 0) is 14.8 Å². The molecule has 4 rings (SSSR count). The molecule has 2 aromatic heterocycles. The SMILES string of the molecule is Cc1ccc(C)c(NS(=O)(=O)c2cc(-c3[nH]ncc3C(=O)N3CCOCC3)oc2C)c1. The van der Waals surface area contributed by atoms with E-state index in [-0.39, 0.29) is 22.3 Å². The molecule has 1 fully saturated rings. The Hall–Kier alpha value is -3.11. The zero-order valence-electron chi connectivity index (χ0n) is 17.6. The first-order valence-electron chi connectivity index (χ1n) is 9.87. The second-order valence-electron chi connectivity index (χ2n) is 7.52. The second-order valence-corrected chi connectivity index (χ2v) is 9.17. The van der Waals surface area contributed by atoms with E-state index in [2.05, 4.69) is 14.9 Å². The average molecular weight is 445 g/mol. The van der Waals surface area contributed by atoms with Crippen LogP contribution in [0.5, 0.6) is 0 Å². The van der Waals surface area contributed by atoms with Crippen LogP contribution in [0.2, 0.25) is 0 Å². The zero-order valence-corrected chi connectivity index (χ0v) is 18.4. The molecule has 1 saturated heterocycles. The van der Waals surface area contributed by atoms with Gasteiger partial charge >= 0.3 is 0 Å². The molecular formula is C21H24N4O5S. The third-order valence-corrected chi connectivity index (χ3v) is 6.69. The largest absolute Gasteiger partial charge is 0.458 e. The number of nitrogens with zero attached hydrogens (tertiary/aromatic N) is 2. The lowest BCUT2D eigenvalue weighted by Gasteiger charge is -2.26. The van der Waals surface area contributed by atoms with Crippen molar-refractivity contribution < 1.29 is 22.4 Å². The van der Waals surface area contributed by atoms with Crippen molar-refractivity contribution in [3.63, 3.8) is 0 Å². The number of ether oxygens (including phenoxy) is 1. The summed E-state index contributed by atoms with van der Waals surface area (Å²) in [4.78, 5) is 14.6. The minimum atomic E-state index is -3.90. The summed E-state index contributed by atoms with van der Waals surface area (Å²) >= 11 is 0. The number of aromatic amines is 1. The fourth-order valence-electron chi connectivity index (χ4n) is 3.47. The molecule has 0 bridgehead atoms. The van der Waals surface area contributed by atoms with Crippen LogP contribution in [-0.4, -0.2) is 55.7 Å². The quantitative estimate of drug-likeness (QED) is 0.625. The van der Waals surface area contributed by atoms with Crippen molar-refractivity contribution in [3.8, 4) is 11.5 Å². The zero-order chi connectivity index (χ0) is 22.2. The lowest BCUT2D eigenvalue weighted by Crippen LogP contribution is -2.40. The van der Waals surface area contributed by atoms with E-state index in [9.17, 15) is 13.2 Å². The van der Waals surface area contributed by atoms with Crippen molar-refractivity contribution >= 4 is 21.6 Å². The van der Waals surface area contributed by atoms with Crippen LogP contribution in [0.3, 0.4) is 0 Å². The van der Waals surface area contributed by atoms with Crippen molar-refractivity contribution in [2.45, 2.75) is 25.7 Å². The van der Waals surface area contributed by atoms with Crippen molar-refractivity contribution in [2.24, 2.45) is 0 Å². The van der Waals surface area contributed by atoms with Gasteiger partial charge in [0.05, 0.1) is 30.7 Å². The molecule has 9 nitrogen and oxygen atoms in total. The number of hydrogen-bond donors (Lipinski definition) is 2. The number of morpholine rings is 1. The molecular weight excluding hydrogens is 420 g/mol. The summed E-state index contributed by atoms with van der Waals surface area (Å²) < 4.78 is 39.8. The van der Waals surface area contributed by atoms with Gasteiger partial charge in [0, 0.05) is 19.2 Å². The number of aryl methyl sites for hydroxylation is 3. The first-order chi connectivity index (χ1) is 14.8. The van der Waals surface area contributed by atoms with Gasteiger partial charge in [0.25, 0.3) is 15.9 Å². The topological polar surface area (TPSA) is 118 Å². The molecule has 1 aliphatic heterocycles. The number of carbonyl (C=O) groups excluding carboxylic acids is 1. The molecule has 1 aromatic carbocycles. The minimum absolute atomic E-state index is 0.00257. The summed E-state index contributed by atoms with van der Waals surface area (Å²) in [7, 11) is -3.90. The maximum Gasteiger partial charge on any atom is 0.265 e. The van der Waals surface area contributed by atoms with Gasteiger partial charge in [-0.05, 0) is 38.0 Å². The van der Waals surface area contributed by atoms with E-state index in [4.69, 9.17) is 9.15 Å². The highest BCUT2D eigenvalue weighted by atomic mass is 32.2. The Bertz CT molecular complexity index is 1220. The van der Waals surface area contributed by atoms with Gasteiger partial charge in [-0.1, -0.05) is 12.1 Å². The van der Waals surface area contributed by atoms with Crippen LogP contribution in [0, 0.1) is 20.8 Å². The van der Waals surface area contributed by atoms with E-state index < -0.39 is 10.0 Å². The second kappa shape index (κ2) is 8.20. The Balaban J connectivity index is 1.65. The van der Waals surface area contributed by atoms with E-state index in [0.29, 0.717) is 43.2 Å². The lowest BCUT2D eigenvalue weighted by molar-refractivity contribution is 0.0303. The summed E-state index contributed by atoms with van der Waals surface area (Å²) in [6.45, 7) is 7.22. The van der Waals surface area contributed by atoms with Crippen LogP contribution >= 0.6 is 0 Å². The molecule has 164 valence electrons. The molecule has 0 spiro atoms. The van der Waals surface area contributed by atoms with E-state index in [1.54, 1.807) is 17.9 Å². The Morgan fingerprint density at radius 3 is 2.65 bits per heavy atom. The predicted octanol–water partition coefficient (Wildman–Crippen LogP) is 2.87. The maximum absolute atomic E-state index is 13.0. The summed E-state index contributed by atoms with van der Waals surface area (Å²) in [6.07, 6.45) is 1.42. The molecule has 1 aliphatic rings. The predicted molar refractivity (Wildman–Crippen MR) is 114 cm³/mol. The number of amides is 1. The lowest BCUT2D eigenvalue weighted by atomic mass is 10.1. The number of sulfonamides is 1. The van der Waals surface area contributed by atoms with Crippen molar-refractivity contribution in [1.82, 2.24) is 15.1 Å². The number of rotatable bonds is 5. The fraction of sp³-hybridized carbons (Fsp3) is 0.333. The van der Waals surface area contributed by atoms with Gasteiger partial charge in [0.1, 0.15) is 16.3 Å². The van der Waals surface area contributed by atoms with Gasteiger partial charge in [-0.2, -0.15) is 5.10 Å². The molecule has 1 amide bonds. The Labute approximate surface area is 180 Å². The summed E-state index contributed by atoms with van der Waals surface area (Å²) in [6, 6.07) is 6.96. The van der Waals surface area contributed by atoms with E-state index >= 15 is 0 Å². The number of anilines is 1. The normalized spacial score (nSPS) is 14.6. The van der Waals surface area contributed by atoms with Gasteiger partial charge < -0.3 is 14.1 Å². The third-order valence-electron chi connectivity index (χ3n) is 5.21. The number of nitrogens with one attached hydrogen (secondary N) is 2. The molecule has 3 heterocycles. The third kappa shape index (κ3) is 4.21. The minimum Gasteiger partial charge on any atom is -0.458 e. The monoisotopic (exact) mass is 444 g/mol. The van der Waals surface area contributed by atoms with E-state index in [1.165, 1.54) is 12.3 Å². The Kier molecular flexibility index (Phi) is 5.59. The highest BCUT2D eigenvalue weighted by Gasteiger charge is 2.28. The van der Waals surface area contributed by atoms with Crippen LogP contribution in [0.25, 0.3) is 11.5 Å². The summed E-state index contributed by atoms with van der Waals surface area (Å²) in [5.41, 5.74) is 2.92. The van der Waals surface area contributed by atoms with Gasteiger partial charge in [-0.25, -0.2) is 8.42 Å². The molecule has 2 N–H and O–H groups in total. The van der Waals surface area contributed by atoms with Crippen molar-refractivity contribution in [2.75, 3.05) is 31.0 Å². The molecule has 0 aliphatic carbocycles. The Morgan fingerprint density at radius 2 is 1.90 bits per heavy atom. The first kappa shape index (κ1) is 21.1. The van der Waals surface area contributed by atoms with Gasteiger partial charge in [0.2, 0.25) is 0 Å². The Morgan fingerprint density at radius 1 is 1.16 bits per heavy atom. The molecule has 10 heteroatoms. The van der Waals surface area contributed by atoms with Crippen LogP contribution in [0.4, 0.5) is 5.69 Å². The number of aromatic nitrogens is 2. The van der Waals surface area contributed by atoms with E-state index in [0.717, 1.165) is 11.1 Å². The molecule has 3 aromatic rings. The van der Waals surface area contributed by atoms with Gasteiger partial charge in [0.15, 0.2) is 5.76 Å². The summed E-state index contributed by atoms with van der Waals surface area (Å²) in [5.74, 6) is 0.235. The van der Waals surface area contributed by atoms with Crippen molar-refractivity contribution in [1.29, 1.82) is 0 Å². The molecule has 0 atom stereocenters. The van der Waals surface area contributed by atoms with E-state index in [1.807, 2.05) is 26.0 Å². The van der Waals surface area contributed by atoms with Crippen LogP contribution < -0.4 is 4.72 Å². The standard InChI is InChI=1S/C21H24N4O5S/c1-13-4-5-14(2)17(10-13)24-31(27,28)19-11-18(30-15(19)3)20-16(12-22-23-20)21(26)25-6-8-29-9-7-25/h4-5,10-12,24H,6-9H2,1-3H3,(H,22,23). The van der Waals surface area contributed by atoms with Crippen LogP contribution in [0.15, 0.2) is 39.8 Å². The molecule has 0 saturated carbocycles. The van der Waals surface area contributed by atoms with Gasteiger partial charge in [-0.15, -0.1) is 0 Å².